The first kappa shape index (κ1) is 23.0. The van der Waals surface area contributed by atoms with Crippen LogP contribution in [0.3, 0.4) is 0 Å². The number of carboxylic acid groups (broad SMARTS) is 1. The van der Waals surface area contributed by atoms with Crippen LogP contribution in [0.15, 0.2) is 72.8 Å². The molecule has 3 N–H and O–H groups in total. The van der Waals surface area contributed by atoms with E-state index in [1.165, 1.54) is 12.1 Å². The maximum absolute atomic E-state index is 12.6. The highest BCUT2D eigenvalue weighted by atomic mass is 16.5. The summed E-state index contributed by atoms with van der Waals surface area (Å²) in [5.74, 6) is -1.40. The number of hydrogen-bond donors (Lipinski definition) is 3. The summed E-state index contributed by atoms with van der Waals surface area (Å²) in [4.78, 5) is 36.0. The summed E-state index contributed by atoms with van der Waals surface area (Å²) in [7, 11) is 0. The molecule has 2 amide bonds. The van der Waals surface area contributed by atoms with Crippen molar-refractivity contribution >= 4 is 18.0 Å². The second-order valence-electron chi connectivity index (χ2n) is 8.15. The molecule has 1 unspecified atom stereocenters. The molecule has 0 aromatic heterocycles. The molecule has 0 aliphatic heterocycles. The minimum Gasteiger partial charge on any atom is -0.478 e. The molecule has 7 nitrogen and oxygen atoms in total. The Morgan fingerprint density at radius 2 is 1.50 bits per heavy atom. The van der Waals surface area contributed by atoms with E-state index in [0.717, 1.165) is 27.8 Å². The number of rotatable bonds is 8. The number of ether oxygens (including phenoxy) is 1. The lowest BCUT2D eigenvalue weighted by Crippen LogP contribution is -2.46. The van der Waals surface area contributed by atoms with Crippen LogP contribution in [-0.2, 0) is 16.1 Å². The molecule has 0 saturated heterocycles. The molecule has 4 rings (SSSR count). The minimum atomic E-state index is -1.01. The Morgan fingerprint density at radius 1 is 0.912 bits per heavy atom. The van der Waals surface area contributed by atoms with Gasteiger partial charge in [-0.2, -0.15) is 0 Å². The highest BCUT2D eigenvalue weighted by Crippen LogP contribution is 2.44. The summed E-state index contributed by atoms with van der Waals surface area (Å²) >= 11 is 0. The maximum Gasteiger partial charge on any atom is 0.407 e. The van der Waals surface area contributed by atoms with E-state index in [9.17, 15) is 14.4 Å². The Kier molecular flexibility index (Phi) is 6.92. The predicted molar refractivity (Wildman–Crippen MR) is 128 cm³/mol. The SMILES string of the molecule is CCC(NC(=O)OCC1c2ccccc2-c2ccccc21)C(=O)NCc1ccc(C(=O)O)cc1. The topological polar surface area (TPSA) is 105 Å². The molecule has 1 aliphatic rings. The molecule has 0 bridgehead atoms. The Hall–Kier alpha value is -4.13. The fourth-order valence-corrected chi connectivity index (χ4v) is 4.21. The number of nitrogens with one attached hydrogen (secondary N) is 2. The normalized spacial score (nSPS) is 12.9. The van der Waals surface area contributed by atoms with Crippen molar-refractivity contribution in [3.63, 3.8) is 0 Å². The molecular weight excluding hydrogens is 432 g/mol. The Labute approximate surface area is 197 Å². The van der Waals surface area contributed by atoms with E-state index in [4.69, 9.17) is 9.84 Å². The van der Waals surface area contributed by atoms with Crippen molar-refractivity contribution < 1.29 is 24.2 Å². The molecule has 1 atom stereocenters. The third-order valence-corrected chi connectivity index (χ3v) is 6.03. The zero-order valence-corrected chi connectivity index (χ0v) is 18.8. The first-order valence-electron chi connectivity index (χ1n) is 11.2. The van der Waals surface area contributed by atoms with E-state index in [2.05, 4.69) is 22.8 Å². The molecule has 7 heteroatoms. The number of carboxylic acids is 1. The Balaban J connectivity index is 1.32. The van der Waals surface area contributed by atoms with Crippen molar-refractivity contribution in [1.29, 1.82) is 0 Å². The van der Waals surface area contributed by atoms with Gasteiger partial charge < -0.3 is 20.5 Å². The van der Waals surface area contributed by atoms with Gasteiger partial charge in [0.2, 0.25) is 5.91 Å². The van der Waals surface area contributed by atoms with Crippen molar-refractivity contribution in [2.24, 2.45) is 0 Å². The molecule has 174 valence electrons. The van der Waals surface area contributed by atoms with Gasteiger partial charge in [0.1, 0.15) is 12.6 Å². The van der Waals surface area contributed by atoms with Gasteiger partial charge in [-0.15, -0.1) is 0 Å². The second-order valence-corrected chi connectivity index (χ2v) is 8.15. The van der Waals surface area contributed by atoms with Crippen LogP contribution in [-0.4, -0.2) is 35.7 Å². The summed E-state index contributed by atoms with van der Waals surface area (Å²) in [6.45, 7) is 2.20. The first-order valence-corrected chi connectivity index (χ1v) is 11.2. The molecule has 3 aromatic rings. The lowest BCUT2D eigenvalue weighted by molar-refractivity contribution is -0.123. The van der Waals surface area contributed by atoms with Gasteiger partial charge in [0.25, 0.3) is 0 Å². The number of carbonyl (C=O) groups excluding carboxylic acids is 2. The Morgan fingerprint density at radius 3 is 2.06 bits per heavy atom. The average Bonchev–Trinajstić information content (AvgIpc) is 3.18. The zero-order chi connectivity index (χ0) is 24.1. The van der Waals surface area contributed by atoms with Gasteiger partial charge in [-0.1, -0.05) is 67.6 Å². The lowest BCUT2D eigenvalue weighted by Gasteiger charge is -2.19. The van der Waals surface area contributed by atoms with Crippen molar-refractivity contribution in [2.75, 3.05) is 6.61 Å². The highest BCUT2D eigenvalue weighted by Gasteiger charge is 2.29. The molecule has 0 radical (unpaired) electrons. The second kappa shape index (κ2) is 10.2. The van der Waals surface area contributed by atoms with Gasteiger partial charge >= 0.3 is 12.1 Å². The Bertz CT molecular complexity index is 1160. The van der Waals surface area contributed by atoms with Gasteiger partial charge in [-0.25, -0.2) is 9.59 Å². The number of fused-ring (bicyclic) bond motifs is 3. The number of aromatic carboxylic acids is 1. The summed E-state index contributed by atoms with van der Waals surface area (Å²) < 4.78 is 5.53. The number of hydrogen-bond acceptors (Lipinski definition) is 4. The van der Waals surface area contributed by atoms with Gasteiger partial charge in [0.05, 0.1) is 5.56 Å². The number of amides is 2. The minimum absolute atomic E-state index is 0.0548. The molecule has 0 saturated carbocycles. The van der Waals surface area contributed by atoms with Crippen LogP contribution in [0.5, 0.6) is 0 Å². The van der Waals surface area contributed by atoms with Crippen molar-refractivity contribution in [2.45, 2.75) is 31.8 Å². The summed E-state index contributed by atoms with van der Waals surface area (Å²) in [5.41, 5.74) is 5.47. The fraction of sp³-hybridized carbons (Fsp3) is 0.222. The standard InChI is InChI=1S/C27H26N2O5/c1-2-24(25(30)28-15-17-11-13-18(14-12-17)26(31)32)29-27(33)34-16-23-21-9-5-3-7-19(21)20-8-4-6-10-22(20)23/h3-14,23-24H,2,15-16H2,1H3,(H,28,30)(H,29,33)(H,31,32). The van der Waals surface area contributed by atoms with Gasteiger partial charge in [-0.05, 0) is 46.4 Å². The number of alkyl carbamates (subject to hydrolysis) is 1. The smallest absolute Gasteiger partial charge is 0.407 e. The van der Waals surface area contributed by atoms with E-state index in [1.807, 2.05) is 36.4 Å². The van der Waals surface area contributed by atoms with E-state index < -0.39 is 18.1 Å². The molecule has 1 aliphatic carbocycles. The molecule has 0 spiro atoms. The van der Waals surface area contributed by atoms with Crippen LogP contribution < -0.4 is 10.6 Å². The van der Waals surface area contributed by atoms with E-state index >= 15 is 0 Å². The van der Waals surface area contributed by atoms with E-state index in [-0.39, 0.29) is 30.5 Å². The quantitative estimate of drug-likeness (QED) is 0.466. The summed E-state index contributed by atoms with van der Waals surface area (Å²) in [6, 6.07) is 21.7. The third kappa shape index (κ3) is 4.93. The summed E-state index contributed by atoms with van der Waals surface area (Å²) in [6.07, 6.45) is -0.247. The summed E-state index contributed by atoms with van der Waals surface area (Å²) in [5, 5.41) is 14.4. The molecule has 3 aromatic carbocycles. The largest absolute Gasteiger partial charge is 0.478 e. The monoisotopic (exact) mass is 458 g/mol. The molecular formula is C27H26N2O5. The van der Waals surface area contributed by atoms with Crippen LogP contribution >= 0.6 is 0 Å². The number of carbonyl (C=O) groups is 3. The first-order chi connectivity index (χ1) is 16.5. The molecule has 34 heavy (non-hydrogen) atoms. The van der Waals surface area contributed by atoms with Gasteiger partial charge in [0.15, 0.2) is 0 Å². The maximum atomic E-state index is 12.6. The van der Waals surface area contributed by atoms with Crippen molar-refractivity contribution in [3.05, 3.63) is 95.1 Å². The van der Waals surface area contributed by atoms with Crippen molar-refractivity contribution in [1.82, 2.24) is 10.6 Å². The zero-order valence-electron chi connectivity index (χ0n) is 18.8. The van der Waals surface area contributed by atoms with Crippen molar-refractivity contribution in [3.8, 4) is 11.1 Å². The van der Waals surface area contributed by atoms with E-state index in [1.54, 1.807) is 19.1 Å². The third-order valence-electron chi connectivity index (χ3n) is 6.03. The average molecular weight is 459 g/mol. The number of benzene rings is 3. The molecule has 0 fully saturated rings. The molecule has 0 heterocycles. The van der Waals surface area contributed by atoms with Crippen LogP contribution in [0, 0.1) is 0 Å². The van der Waals surface area contributed by atoms with E-state index in [0.29, 0.717) is 6.42 Å². The predicted octanol–water partition coefficient (Wildman–Crippen LogP) is 4.32. The van der Waals surface area contributed by atoms with Crippen LogP contribution in [0.25, 0.3) is 11.1 Å². The van der Waals surface area contributed by atoms with Gasteiger partial charge in [0, 0.05) is 12.5 Å². The van der Waals surface area contributed by atoms with Gasteiger partial charge in [-0.3, -0.25) is 4.79 Å². The van der Waals surface area contributed by atoms with Crippen LogP contribution in [0.1, 0.15) is 46.3 Å². The van der Waals surface area contributed by atoms with Crippen LogP contribution in [0.2, 0.25) is 0 Å². The van der Waals surface area contributed by atoms with Crippen LogP contribution in [0.4, 0.5) is 4.79 Å². The fourth-order valence-electron chi connectivity index (χ4n) is 4.21. The highest BCUT2D eigenvalue weighted by molar-refractivity contribution is 5.88. The lowest BCUT2D eigenvalue weighted by atomic mass is 9.98.